The van der Waals surface area contributed by atoms with Crippen molar-refractivity contribution < 1.29 is 4.79 Å². The molecule has 0 saturated heterocycles. The number of aromatic nitrogens is 1. The van der Waals surface area contributed by atoms with Crippen LogP contribution in [0.1, 0.15) is 45.0 Å². The van der Waals surface area contributed by atoms with Crippen LogP contribution in [0.5, 0.6) is 0 Å². The monoisotopic (exact) mass is 283 g/mol. The molecule has 1 aliphatic carbocycles. The molecule has 0 atom stereocenters. The molecule has 0 amide bonds. The lowest BCUT2D eigenvalue weighted by molar-refractivity contribution is 0.104. The number of aryl methyl sites for hydroxylation is 3. The highest BCUT2D eigenvalue weighted by Crippen LogP contribution is 2.22. The third-order valence-corrected chi connectivity index (χ3v) is 4.54. The fraction of sp³-hybridized carbons (Fsp3) is 0.294. The highest BCUT2D eigenvalue weighted by atomic mass is 32.1. The Morgan fingerprint density at radius 2 is 2.20 bits per heavy atom. The summed E-state index contributed by atoms with van der Waals surface area (Å²) >= 11 is 1.63. The minimum atomic E-state index is 0.0526. The van der Waals surface area contributed by atoms with Crippen molar-refractivity contribution >= 4 is 23.2 Å². The zero-order chi connectivity index (χ0) is 13.9. The summed E-state index contributed by atoms with van der Waals surface area (Å²) in [5.74, 6) is 0.0526. The van der Waals surface area contributed by atoms with Crippen LogP contribution in [0, 0.1) is 6.92 Å². The quantitative estimate of drug-likeness (QED) is 0.623. The van der Waals surface area contributed by atoms with Gasteiger partial charge in [0.1, 0.15) is 0 Å². The molecular weight excluding hydrogens is 266 g/mol. The summed E-state index contributed by atoms with van der Waals surface area (Å²) in [6.07, 6.45) is 8.06. The molecule has 2 heterocycles. The van der Waals surface area contributed by atoms with Crippen LogP contribution in [0.4, 0.5) is 0 Å². The largest absolute Gasteiger partial charge is 0.289 e. The fourth-order valence-electron chi connectivity index (χ4n) is 2.62. The Kier molecular flexibility index (Phi) is 3.79. The molecule has 2 aromatic heterocycles. The molecule has 2 nitrogen and oxygen atoms in total. The first kappa shape index (κ1) is 13.3. The Bertz CT molecular complexity index is 656. The maximum atomic E-state index is 12.3. The van der Waals surface area contributed by atoms with Crippen LogP contribution in [0.3, 0.4) is 0 Å². The average Bonchev–Trinajstić information content (AvgIpc) is 2.97. The van der Waals surface area contributed by atoms with Gasteiger partial charge in [-0.3, -0.25) is 9.78 Å². The van der Waals surface area contributed by atoms with Crippen LogP contribution in [-0.2, 0) is 12.8 Å². The minimum Gasteiger partial charge on any atom is -0.289 e. The lowest BCUT2D eigenvalue weighted by Crippen LogP contribution is -2.10. The van der Waals surface area contributed by atoms with Gasteiger partial charge in [0.25, 0.3) is 0 Å². The number of ketones is 1. The maximum Gasteiger partial charge on any atom is 0.187 e. The minimum absolute atomic E-state index is 0.0526. The van der Waals surface area contributed by atoms with Crippen LogP contribution in [0.2, 0.25) is 0 Å². The second-order valence-corrected chi connectivity index (χ2v) is 6.13. The van der Waals surface area contributed by atoms with Crippen molar-refractivity contribution in [2.75, 3.05) is 0 Å². The fourth-order valence-corrected chi connectivity index (χ4v) is 3.24. The van der Waals surface area contributed by atoms with Crippen LogP contribution >= 0.6 is 11.3 Å². The highest BCUT2D eigenvalue weighted by Gasteiger charge is 2.15. The molecule has 20 heavy (non-hydrogen) atoms. The van der Waals surface area contributed by atoms with Crippen LogP contribution in [0.25, 0.3) is 6.08 Å². The number of fused-ring (bicyclic) bond motifs is 1. The number of thiophene rings is 1. The number of carbonyl (C=O) groups is 1. The van der Waals surface area contributed by atoms with Crippen molar-refractivity contribution in [2.45, 2.75) is 32.6 Å². The van der Waals surface area contributed by atoms with Crippen LogP contribution in [0.15, 0.2) is 29.7 Å². The summed E-state index contributed by atoms with van der Waals surface area (Å²) in [7, 11) is 0. The highest BCUT2D eigenvalue weighted by molar-refractivity contribution is 7.10. The van der Waals surface area contributed by atoms with E-state index >= 15 is 0 Å². The lowest BCUT2D eigenvalue weighted by atomic mass is 9.93. The second kappa shape index (κ2) is 5.71. The van der Waals surface area contributed by atoms with Gasteiger partial charge in [-0.1, -0.05) is 6.07 Å². The Hall–Kier alpha value is -1.74. The number of allylic oxidation sites excluding steroid dienone is 1. The van der Waals surface area contributed by atoms with E-state index in [-0.39, 0.29) is 5.78 Å². The van der Waals surface area contributed by atoms with E-state index in [9.17, 15) is 4.79 Å². The van der Waals surface area contributed by atoms with E-state index in [1.165, 1.54) is 24.1 Å². The second-order valence-electron chi connectivity index (χ2n) is 5.15. The predicted molar refractivity (Wildman–Crippen MR) is 83.3 cm³/mol. The molecule has 3 heteroatoms. The van der Waals surface area contributed by atoms with Gasteiger partial charge in [0.2, 0.25) is 0 Å². The van der Waals surface area contributed by atoms with Gasteiger partial charge >= 0.3 is 0 Å². The standard InChI is InChI=1S/C17H17NOS/c1-12-15(11-13-5-2-3-7-16(13)18-12)17(19)9-8-14-6-4-10-20-14/h4,6,8-11H,2-3,5,7H2,1H3. The maximum absolute atomic E-state index is 12.3. The van der Waals surface area contributed by atoms with E-state index in [4.69, 9.17) is 0 Å². The molecule has 0 saturated carbocycles. The van der Waals surface area contributed by atoms with Gasteiger partial charge in [0, 0.05) is 21.8 Å². The van der Waals surface area contributed by atoms with E-state index < -0.39 is 0 Å². The lowest BCUT2D eigenvalue weighted by Gasteiger charge is -2.16. The van der Waals surface area contributed by atoms with Gasteiger partial charge in [-0.2, -0.15) is 0 Å². The number of hydrogen-bond acceptors (Lipinski definition) is 3. The molecule has 0 aromatic carbocycles. The first-order chi connectivity index (χ1) is 9.74. The molecule has 0 radical (unpaired) electrons. The Labute approximate surface area is 123 Å². The van der Waals surface area contributed by atoms with Gasteiger partial charge in [-0.25, -0.2) is 0 Å². The number of rotatable bonds is 3. The van der Waals surface area contributed by atoms with Crippen LogP contribution < -0.4 is 0 Å². The van der Waals surface area contributed by atoms with Crippen molar-refractivity contribution in [3.8, 4) is 0 Å². The number of pyridine rings is 1. The summed E-state index contributed by atoms with van der Waals surface area (Å²) in [6.45, 7) is 1.93. The van der Waals surface area contributed by atoms with E-state index in [1.54, 1.807) is 17.4 Å². The summed E-state index contributed by atoms with van der Waals surface area (Å²) < 4.78 is 0. The SMILES string of the molecule is Cc1nc2c(cc1C(=O)C=Cc1cccs1)CCCC2. The van der Waals surface area contributed by atoms with Crippen molar-refractivity contribution in [1.82, 2.24) is 4.98 Å². The van der Waals surface area contributed by atoms with Gasteiger partial charge < -0.3 is 0 Å². The van der Waals surface area contributed by atoms with E-state index in [0.29, 0.717) is 0 Å². The van der Waals surface area contributed by atoms with Gasteiger partial charge in [-0.15, -0.1) is 11.3 Å². The molecule has 102 valence electrons. The Morgan fingerprint density at radius 3 is 3.00 bits per heavy atom. The van der Waals surface area contributed by atoms with E-state index in [1.807, 2.05) is 30.5 Å². The molecule has 0 N–H and O–H groups in total. The third kappa shape index (κ3) is 2.73. The molecule has 0 fully saturated rings. The topological polar surface area (TPSA) is 30.0 Å². The zero-order valence-corrected chi connectivity index (χ0v) is 12.4. The van der Waals surface area contributed by atoms with Gasteiger partial charge in [0.15, 0.2) is 5.78 Å². The molecule has 0 spiro atoms. The molecule has 1 aliphatic rings. The van der Waals surface area contributed by atoms with Crippen molar-refractivity contribution in [3.05, 3.63) is 57.0 Å². The first-order valence-electron chi connectivity index (χ1n) is 6.99. The van der Waals surface area contributed by atoms with E-state index in [2.05, 4.69) is 11.1 Å². The number of nitrogens with zero attached hydrogens (tertiary/aromatic N) is 1. The first-order valence-corrected chi connectivity index (χ1v) is 7.87. The normalized spacial score (nSPS) is 14.4. The predicted octanol–water partition coefficient (Wildman–Crippen LogP) is 4.23. The van der Waals surface area contributed by atoms with Crippen LogP contribution in [-0.4, -0.2) is 10.8 Å². The summed E-state index contributed by atoms with van der Waals surface area (Å²) in [5, 5.41) is 2.01. The Morgan fingerprint density at radius 1 is 1.35 bits per heavy atom. The average molecular weight is 283 g/mol. The summed E-state index contributed by atoms with van der Waals surface area (Å²) in [5.41, 5.74) is 4.05. The van der Waals surface area contributed by atoms with Gasteiger partial charge in [0.05, 0.1) is 0 Å². The van der Waals surface area contributed by atoms with E-state index in [0.717, 1.165) is 29.0 Å². The smallest absolute Gasteiger partial charge is 0.187 e. The molecular formula is C17H17NOS. The molecule has 2 aromatic rings. The Balaban J connectivity index is 1.87. The zero-order valence-electron chi connectivity index (χ0n) is 11.6. The molecule has 0 unspecified atom stereocenters. The van der Waals surface area contributed by atoms with Crippen molar-refractivity contribution in [1.29, 1.82) is 0 Å². The van der Waals surface area contributed by atoms with Crippen molar-refractivity contribution in [2.24, 2.45) is 0 Å². The number of hydrogen-bond donors (Lipinski definition) is 0. The number of carbonyl (C=O) groups excluding carboxylic acids is 1. The summed E-state index contributed by atoms with van der Waals surface area (Å²) in [6, 6.07) is 6.05. The van der Waals surface area contributed by atoms with Crippen molar-refractivity contribution in [3.63, 3.8) is 0 Å². The molecule has 0 bridgehead atoms. The van der Waals surface area contributed by atoms with Gasteiger partial charge in [-0.05, 0) is 67.8 Å². The molecule has 0 aliphatic heterocycles. The molecule has 3 rings (SSSR count). The summed E-state index contributed by atoms with van der Waals surface area (Å²) in [4.78, 5) is 18.1. The third-order valence-electron chi connectivity index (χ3n) is 3.70.